The Labute approximate surface area is 136 Å². The first-order valence-electron chi connectivity index (χ1n) is 7.52. The SMILES string of the molecule is C=CC(C=C)(c1ccccc1C)C(O[SiH3])c1ccccc1C. The number of rotatable bonds is 6. The van der Waals surface area contributed by atoms with Crippen molar-refractivity contribution in [1.82, 2.24) is 0 Å². The molecular formula is C20H24OSi. The van der Waals surface area contributed by atoms with Crippen LogP contribution in [-0.2, 0) is 9.84 Å². The highest BCUT2D eigenvalue weighted by atomic mass is 28.2. The molecule has 1 nitrogen and oxygen atoms in total. The molecule has 0 heterocycles. The van der Waals surface area contributed by atoms with Crippen LogP contribution in [0.2, 0.25) is 0 Å². The van der Waals surface area contributed by atoms with E-state index in [2.05, 4.69) is 75.5 Å². The van der Waals surface area contributed by atoms with Gasteiger partial charge in [0.25, 0.3) is 0 Å². The first-order valence-corrected chi connectivity index (χ1v) is 8.34. The van der Waals surface area contributed by atoms with Crippen LogP contribution in [0.25, 0.3) is 0 Å². The van der Waals surface area contributed by atoms with E-state index in [0.717, 1.165) is 0 Å². The van der Waals surface area contributed by atoms with Crippen LogP contribution in [0.15, 0.2) is 73.8 Å². The van der Waals surface area contributed by atoms with Gasteiger partial charge in [0, 0.05) is 0 Å². The van der Waals surface area contributed by atoms with E-state index in [1.807, 2.05) is 12.2 Å². The average molecular weight is 308 g/mol. The standard InChI is InChI=1S/C20H24OSi/c1-5-20(6-2,18-14-10-8-12-16(18)4)19(21-22)17-13-9-7-11-15(17)3/h5-14,19H,1-2H2,3-4,22H3. The molecule has 0 amide bonds. The third-order valence-electron chi connectivity index (χ3n) is 4.43. The van der Waals surface area contributed by atoms with Crippen LogP contribution in [0.4, 0.5) is 0 Å². The molecule has 1 atom stereocenters. The minimum Gasteiger partial charge on any atom is -0.419 e. The molecule has 0 aliphatic heterocycles. The van der Waals surface area contributed by atoms with Crippen molar-refractivity contribution in [2.45, 2.75) is 25.4 Å². The highest BCUT2D eigenvalue weighted by Crippen LogP contribution is 2.43. The van der Waals surface area contributed by atoms with Gasteiger partial charge < -0.3 is 4.43 Å². The molecule has 2 aromatic rings. The summed E-state index contributed by atoms with van der Waals surface area (Å²) in [5, 5.41) is 0. The zero-order valence-corrected chi connectivity index (χ0v) is 15.7. The predicted molar refractivity (Wildman–Crippen MR) is 98.2 cm³/mol. The zero-order chi connectivity index (χ0) is 16.2. The largest absolute Gasteiger partial charge is 0.419 e. The van der Waals surface area contributed by atoms with Crippen LogP contribution < -0.4 is 0 Å². The lowest BCUT2D eigenvalue weighted by Gasteiger charge is -2.38. The Hall–Kier alpha value is -1.90. The van der Waals surface area contributed by atoms with Crippen molar-refractivity contribution in [1.29, 1.82) is 0 Å². The van der Waals surface area contributed by atoms with Crippen LogP contribution >= 0.6 is 0 Å². The Morgan fingerprint density at radius 1 is 0.955 bits per heavy atom. The fourth-order valence-corrected chi connectivity index (χ4v) is 3.82. The Bertz CT molecular complexity index is 667. The molecule has 0 radical (unpaired) electrons. The number of hydrogen-bond donors (Lipinski definition) is 0. The van der Waals surface area contributed by atoms with Gasteiger partial charge in [-0.2, -0.15) is 0 Å². The Balaban J connectivity index is 2.69. The summed E-state index contributed by atoms with van der Waals surface area (Å²) in [7, 11) is 0.648. The van der Waals surface area contributed by atoms with Gasteiger partial charge in [0.05, 0.1) is 11.5 Å². The quantitative estimate of drug-likeness (QED) is 0.580. The molecule has 0 spiro atoms. The van der Waals surface area contributed by atoms with E-state index in [4.69, 9.17) is 4.43 Å². The van der Waals surface area contributed by atoms with Crippen molar-refractivity contribution in [3.05, 3.63) is 96.1 Å². The van der Waals surface area contributed by atoms with Crippen LogP contribution in [0, 0.1) is 13.8 Å². The van der Waals surface area contributed by atoms with E-state index >= 15 is 0 Å². The zero-order valence-electron chi connectivity index (χ0n) is 13.7. The van der Waals surface area contributed by atoms with Crippen molar-refractivity contribution >= 4 is 10.5 Å². The van der Waals surface area contributed by atoms with Gasteiger partial charge in [-0.15, -0.1) is 13.2 Å². The molecule has 0 aliphatic rings. The minimum atomic E-state index is -0.431. The third kappa shape index (κ3) is 2.72. The maximum absolute atomic E-state index is 6.07. The van der Waals surface area contributed by atoms with Crippen LogP contribution in [-0.4, -0.2) is 10.5 Å². The van der Waals surface area contributed by atoms with Crippen molar-refractivity contribution < 1.29 is 4.43 Å². The first kappa shape index (κ1) is 16.5. The van der Waals surface area contributed by atoms with Crippen LogP contribution in [0.3, 0.4) is 0 Å². The normalized spacial score (nSPS) is 12.8. The lowest BCUT2D eigenvalue weighted by Crippen LogP contribution is -2.32. The molecule has 22 heavy (non-hydrogen) atoms. The first-order chi connectivity index (χ1) is 10.6. The molecule has 1 unspecified atom stereocenters. The Morgan fingerprint density at radius 2 is 1.50 bits per heavy atom. The van der Waals surface area contributed by atoms with Gasteiger partial charge in [-0.05, 0) is 36.1 Å². The van der Waals surface area contributed by atoms with Crippen molar-refractivity contribution in [2.75, 3.05) is 0 Å². The van der Waals surface area contributed by atoms with Gasteiger partial charge in [-0.25, -0.2) is 0 Å². The molecule has 0 N–H and O–H groups in total. The second-order valence-electron chi connectivity index (χ2n) is 5.63. The monoisotopic (exact) mass is 308 g/mol. The molecule has 114 valence electrons. The van der Waals surface area contributed by atoms with Crippen molar-refractivity contribution in [2.24, 2.45) is 0 Å². The molecule has 0 saturated carbocycles. The molecule has 2 aromatic carbocycles. The van der Waals surface area contributed by atoms with Crippen molar-refractivity contribution in [3.8, 4) is 0 Å². The second-order valence-corrected chi connectivity index (χ2v) is 6.10. The summed E-state index contributed by atoms with van der Waals surface area (Å²) in [4.78, 5) is 0. The average Bonchev–Trinajstić information content (AvgIpc) is 2.55. The number of hydrogen-bond acceptors (Lipinski definition) is 1. The van der Waals surface area contributed by atoms with Gasteiger partial charge in [-0.3, -0.25) is 0 Å². The fraction of sp³-hybridized carbons (Fsp3) is 0.200. The Morgan fingerprint density at radius 3 is 2.00 bits per heavy atom. The van der Waals surface area contributed by atoms with Crippen LogP contribution in [0.1, 0.15) is 28.4 Å². The third-order valence-corrected chi connectivity index (χ3v) is 4.90. The topological polar surface area (TPSA) is 9.23 Å². The molecule has 2 heteroatoms. The van der Waals surface area contributed by atoms with E-state index in [9.17, 15) is 0 Å². The molecule has 0 aliphatic carbocycles. The molecular weight excluding hydrogens is 284 g/mol. The lowest BCUT2D eigenvalue weighted by atomic mass is 9.71. The van der Waals surface area contributed by atoms with E-state index in [1.54, 1.807) is 0 Å². The summed E-state index contributed by atoms with van der Waals surface area (Å²) in [6.07, 6.45) is 3.84. The highest BCUT2D eigenvalue weighted by Gasteiger charge is 2.37. The fourth-order valence-electron chi connectivity index (χ4n) is 3.18. The number of benzene rings is 2. The minimum absolute atomic E-state index is 0.100. The van der Waals surface area contributed by atoms with E-state index in [1.165, 1.54) is 22.3 Å². The molecule has 0 fully saturated rings. The lowest BCUT2D eigenvalue weighted by molar-refractivity contribution is 0.172. The highest BCUT2D eigenvalue weighted by molar-refractivity contribution is 5.98. The molecule has 0 aromatic heterocycles. The second kappa shape index (κ2) is 6.90. The summed E-state index contributed by atoms with van der Waals surface area (Å²) < 4.78 is 6.07. The van der Waals surface area contributed by atoms with Gasteiger partial charge in [0.15, 0.2) is 0 Å². The van der Waals surface area contributed by atoms with Gasteiger partial charge in [0.1, 0.15) is 10.5 Å². The number of aryl methyl sites for hydroxylation is 2. The van der Waals surface area contributed by atoms with E-state index < -0.39 is 5.41 Å². The molecule has 0 bridgehead atoms. The van der Waals surface area contributed by atoms with Crippen LogP contribution in [0.5, 0.6) is 0 Å². The smallest absolute Gasteiger partial charge is 0.146 e. The van der Waals surface area contributed by atoms with Gasteiger partial charge in [0.2, 0.25) is 0 Å². The molecule has 0 saturated heterocycles. The van der Waals surface area contributed by atoms with Gasteiger partial charge in [-0.1, -0.05) is 60.7 Å². The summed E-state index contributed by atoms with van der Waals surface area (Å²) >= 11 is 0. The summed E-state index contributed by atoms with van der Waals surface area (Å²) in [6.45, 7) is 12.5. The van der Waals surface area contributed by atoms with E-state index in [-0.39, 0.29) is 6.10 Å². The van der Waals surface area contributed by atoms with Gasteiger partial charge >= 0.3 is 0 Å². The summed E-state index contributed by atoms with van der Waals surface area (Å²) in [6, 6.07) is 16.8. The summed E-state index contributed by atoms with van der Waals surface area (Å²) in [5.74, 6) is 0. The molecule has 2 rings (SSSR count). The maximum Gasteiger partial charge on any atom is 0.146 e. The summed E-state index contributed by atoms with van der Waals surface area (Å²) in [5.41, 5.74) is 4.41. The van der Waals surface area contributed by atoms with E-state index in [0.29, 0.717) is 10.5 Å². The predicted octanol–water partition coefficient (Wildman–Crippen LogP) is 3.95. The Kier molecular flexibility index (Phi) is 5.17. The maximum atomic E-state index is 6.07. The van der Waals surface area contributed by atoms with Crippen molar-refractivity contribution in [3.63, 3.8) is 0 Å².